The van der Waals surface area contributed by atoms with E-state index in [0.29, 0.717) is 16.2 Å². The number of pyridine rings is 1. The van der Waals surface area contributed by atoms with E-state index in [9.17, 15) is 5.11 Å². The quantitative estimate of drug-likeness (QED) is 0.324. The molecule has 9 heteroatoms. The fourth-order valence-electron chi connectivity index (χ4n) is 2.44. The van der Waals surface area contributed by atoms with Gasteiger partial charge in [0.05, 0.1) is 5.69 Å². The number of benzene rings is 1. The van der Waals surface area contributed by atoms with Gasteiger partial charge in [-0.1, -0.05) is 30.4 Å². The highest BCUT2D eigenvalue weighted by Gasteiger charge is 2.06. The minimum atomic E-state index is 0. The summed E-state index contributed by atoms with van der Waals surface area (Å²) in [5, 5.41) is 17.4. The van der Waals surface area contributed by atoms with E-state index >= 15 is 0 Å². The molecule has 0 unspecified atom stereocenters. The van der Waals surface area contributed by atoms with Crippen LogP contribution in [0.3, 0.4) is 0 Å². The number of hydrogen-bond acceptors (Lipinski definition) is 5. The van der Waals surface area contributed by atoms with E-state index in [1.54, 1.807) is 12.1 Å². The second-order valence-electron chi connectivity index (χ2n) is 5.75. The average Bonchev–Trinajstić information content (AvgIpc) is 2.60. The number of unbranched alkanes of at least 4 members (excludes halogenated alkanes) is 2. The molecule has 0 saturated heterocycles. The van der Waals surface area contributed by atoms with Gasteiger partial charge in [-0.3, -0.25) is 0 Å². The van der Waals surface area contributed by atoms with Crippen LogP contribution in [0.5, 0.6) is 5.75 Å². The number of para-hydroxylation sites is 1. The number of fused-ring (bicyclic) bond motifs is 1. The first-order chi connectivity index (χ1) is 11.7. The van der Waals surface area contributed by atoms with Crippen molar-refractivity contribution in [3.63, 3.8) is 0 Å². The summed E-state index contributed by atoms with van der Waals surface area (Å²) >= 11 is 5.39. The summed E-state index contributed by atoms with van der Waals surface area (Å²) in [5.41, 5.74) is 6.73. The number of phenolic OH excluding ortho intramolecular Hbond substituents is 1. The lowest BCUT2D eigenvalue weighted by Gasteiger charge is -2.09. The first-order valence-corrected chi connectivity index (χ1v) is 8.91. The molecule has 0 fully saturated rings. The Kier molecular flexibility index (Phi) is 16.9. The van der Waals surface area contributed by atoms with Gasteiger partial charge in [0.15, 0.2) is 0 Å². The summed E-state index contributed by atoms with van der Waals surface area (Å²) < 4.78 is 0. The fraction of sp³-hybridized carbons (Fsp3) is 0.444. The molecular weight excluding hydrogens is 427 g/mol. The molecule has 1 heterocycles. The highest BCUT2D eigenvalue weighted by atomic mass is 35.5. The average molecular weight is 456 g/mol. The largest absolute Gasteiger partial charge is 0.506 e. The molecule has 2 aromatic rings. The van der Waals surface area contributed by atoms with Gasteiger partial charge < -0.3 is 21.5 Å². The molecule has 0 aliphatic carbocycles. The van der Waals surface area contributed by atoms with Gasteiger partial charge in [0.25, 0.3) is 0 Å². The first kappa shape index (κ1) is 28.3. The number of nitrogens with two attached hydrogens (primary N) is 1. The maximum Gasteiger partial charge on any atom is 0.141 e. The number of thiocarbonyl (C=S) groups is 1. The van der Waals surface area contributed by atoms with Crippen LogP contribution in [0, 0.1) is 0 Å². The van der Waals surface area contributed by atoms with E-state index in [0.717, 1.165) is 57.2 Å². The van der Waals surface area contributed by atoms with Crippen LogP contribution in [0.1, 0.15) is 31.4 Å². The Hall–Kier alpha value is -0.890. The first-order valence-electron chi connectivity index (χ1n) is 8.50. The maximum atomic E-state index is 9.89. The molecule has 5 nitrogen and oxygen atoms in total. The Labute approximate surface area is 185 Å². The highest BCUT2D eigenvalue weighted by molar-refractivity contribution is 7.80. The van der Waals surface area contributed by atoms with Crippen molar-refractivity contribution >= 4 is 65.3 Å². The highest BCUT2D eigenvalue weighted by Crippen LogP contribution is 2.22. The van der Waals surface area contributed by atoms with E-state index in [4.69, 9.17) is 18.0 Å². The number of aromatic nitrogens is 1. The normalized spacial score (nSPS) is 9.67. The smallest absolute Gasteiger partial charge is 0.141 e. The standard InChI is InChI=1S/C18H26N4OS.3ClH/c19-10-1-2-11-20-12-3-4-13-21-18(24)15-9-8-14-6-5-7-16(23)17(14)22-15;;;/h5-9,20,23H,1-4,10-13,19H2,(H,21,24);3*1H. The van der Waals surface area contributed by atoms with Gasteiger partial charge >= 0.3 is 0 Å². The fourth-order valence-corrected chi connectivity index (χ4v) is 2.66. The molecule has 5 N–H and O–H groups in total. The van der Waals surface area contributed by atoms with Gasteiger partial charge in [-0.25, -0.2) is 4.98 Å². The Morgan fingerprint density at radius 2 is 1.63 bits per heavy atom. The Bertz CT molecular complexity index is 676. The van der Waals surface area contributed by atoms with Crippen LogP contribution in [-0.4, -0.2) is 41.3 Å². The van der Waals surface area contributed by atoms with Gasteiger partial charge in [-0.15, -0.1) is 37.2 Å². The number of phenols is 1. The van der Waals surface area contributed by atoms with E-state index in [2.05, 4.69) is 15.6 Å². The molecule has 0 amide bonds. The molecule has 0 bridgehead atoms. The van der Waals surface area contributed by atoms with Gasteiger partial charge in [0, 0.05) is 11.9 Å². The van der Waals surface area contributed by atoms with Crippen LogP contribution >= 0.6 is 49.4 Å². The molecule has 0 aliphatic heterocycles. The minimum absolute atomic E-state index is 0. The Morgan fingerprint density at radius 1 is 0.963 bits per heavy atom. The number of nitrogens with zero attached hydrogens (tertiary/aromatic N) is 1. The predicted molar refractivity (Wildman–Crippen MR) is 125 cm³/mol. The van der Waals surface area contributed by atoms with E-state index in [1.165, 1.54) is 0 Å². The maximum absolute atomic E-state index is 9.89. The van der Waals surface area contributed by atoms with Gasteiger partial charge in [-0.05, 0) is 57.5 Å². The van der Waals surface area contributed by atoms with Crippen molar-refractivity contribution in [1.82, 2.24) is 15.6 Å². The molecule has 0 spiro atoms. The van der Waals surface area contributed by atoms with Crippen molar-refractivity contribution in [3.05, 3.63) is 36.0 Å². The summed E-state index contributed by atoms with van der Waals surface area (Å²) in [5.74, 6) is 0.179. The SMILES string of the molecule is Cl.Cl.Cl.NCCCCNCCCCNC(=S)c1ccc2cccc(O)c2n1. The number of halogens is 3. The monoisotopic (exact) mass is 454 g/mol. The van der Waals surface area contributed by atoms with Crippen LogP contribution in [0.4, 0.5) is 0 Å². The van der Waals surface area contributed by atoms with Gasteiger partial charge in [0.1, 0.15) is 16.3 Å². The molecule has 154 valence electrons. The summed E-state index contributed by atoms with van der Waals surface area (Å²) in [4.78, 5) is 5.08. The Balaban J connectivity index is 0. The van der Waals surface area contributed by atoms with Crippen LogP contribution in [0.15, 0.2) is 30.3 Å². The van der Waals surface area contributed by atoms with Crippen LogP contribution in [-0.2, 0) is 0 Å². The van der Waals surface area contributed by atoms with Crippen molar-refractivity contribution in [2.24, 2.45) is 5.73 Å². The molecule has 0 saturated carbocycles. The molecule has 27 heavy (non-hydrogen) atoms. The van der Waals surface area contributed by atoms with Crippen molar-refractivity contribution < 1.29 is 5.11 Å². The topological polar surface area (TPSA) is 83.2 Å². The summed E-state index contributed by atoms with van der Waals surface area (Å²) in [6.45, 7) is 3.64. The third-order valence-corrected chi connectivity index (χ3v) is 4.16. The minimum Gasteiger partial charge on any atom is -0.506 e. The predicted octanol–water partition coefficient (Wildman–Crippen LogP) is 3.58. The lowest BCUT2D eigenvalue weighted by Crippen LogP contribution is -2.25. The number of rotatable bonds is 10. The van der Waals surface area contributed by atoms with E-state index in [1.807, 2.05) is 18.2 Å². The Morgan fingerprint density at radius 3 is 2.33 bits per heavy atom. The number of nitrogens with one attached hydrogen (secondary N) is 2. The third kappa shape index (κ3) is 9.74. The lowest BCUT2D eigenvalue weighted by molar-refractivity contribution is 0.480. The molecule has 0 aliphatic rings. The van der Waals surface area contributed by atoms with Crippen molar-refractivity contribution in [1.29, 1.82) is 0 Å². The summed E-state index contributed by atoms with van der Waals surface area (Å²) in [6, 6.07) is 9.17. The zero-order valence-electron chi connectivity index (χ0n) is 15.1. The van der Waals surface area contributed by atoms with Crippen molar-refractivity contribution in [2.45, 2.75) is 25.7 Å². The van der Waals surface area contributed by atoms with Crippen molar-refractivity contribution in [3.8, 4) is 5.75 Å². The zero-order chi connectivity index (χ0) is 17.2. The molecule has 0 atom stereocenters. The molecule has 1 aromatic heterocycles. The van der Waals surface area contributed by atoms with Gasteiger partial charge in [0.2, 0.25) is 0 Å². The second kappa shape index (κ2) is 16.1. The summed E-state index contributed by atoms with van der Waals surface area (Å²) in [6.07, 6.45) is 4.36. The van der Waals surface area contributed by atoms with Crippen molar-refractivity contribution in [2.75, 3.05) is 26.2 Å². The second-order valence-corrected chi connectivity index (χ2v) is 6.16. The van der Waals surface area contributed by atoms with Crippen LogP contribution < -0.4 is 16.4 Å². The van der Waals surface area contributed by atoms with Crippen LogP contribution in [0.25, 0.3) is 10.9 Å². The van der Waals surface area contributed by atoms with Gasteiger partial charge in [-0.2, -0.15) is 0 Å². The zero-order valence-corrected chi connectivity index (χ0v) is 18.4. The van der Waals surface area contributed by atoms with E-state index in [-0.39, 0.29) is 43.0 Å². The van der Waals surface area contributed by atoms with E-state index < -0.39 is 0 Å². The third-order valence-electron chi connectivity index (χ3n) is 3.81. The number of aromatic hydroxyl groups is 1. The molecule has 2 rings (SSSR count). The molecular formula is C18H29Cl3N4OS. The molecule has 0 radical (unpaired) electrons. The van der Waals surface area contributed by atoms with Crippen LogP contribution in [0.2, 0.25) is 0 Å². The molecule has 1 aromatic carbocycles. The lowest BCUT2D eigenvalue weighted by atomic mass is 10.2. The number of hydrogen-bond donors (Lipinski definition) is 4. The summed E-state index contributed by atoms with van der Waals surface area (Å²) in [7, 11) is 0.